The molecule has 12 nitrogen and oxygen atoms in total. The molecule has 0 radical (unpaired) electrons. The Morgan fingerprint density at radius 3 is 2.15 bits per heavy atom. The van der Waals surface area contributed by atoms with Crippen LogP contribution < -0.4 is 33.2 Å². The summed E-state index contributed by atoms with van der Waals surface area (Å²) >= 11 is 0. The fraction of sp³-hybridized carbons (Fsp3) is 0.667. The molecule has 0 saturated carbocycles. The number of aliphatic carboxylic acids is 1. The monoisotopic (exact) mass is 388 g/mol. The van der Waals surface area contributed by atoms with Crippen molar-refractivity contribution in [2.45, 2.75) is 44.2 Å². The summed E-state index contributed by atoms with van der Waals surface area (Å²) < 4.78 is 0. The van der Waals surface area contributed by atoms with Crippen molar-refractivity contribution in [2.24, 2.45) is 17.2 Å². The lowest BCUT2D eigenvalue weighted by Gasteiger charge is -2.20. The molecule has 0 aromatic heterocycles. The van der Waals surface area contributed by atoms with Crippen molar-refractivity contribution >= 4 is 29.6 Å². The fourth-order valence-electron chi connectivity index (χ4n) is 2.00. The number of nitrogens with two attached hydrogens (primary N) is 3. The third-order valence-electron chi connectivity index (χ3n) is 3.48. The maximum absolute atomic E-state index is 12.2. The molecule has 0 heterocycles. The highest BCUT2D eigenvalue weighted by Gasteiger charge is 2.24. The van der Waals surface area contributed by atoms with Crippen LogP contribution in [0.5, 0.6) is 0 Å². The summed E-state index contributed by atoms with van der Waals surface area (Å²) in [5, 5.41) is 15.4. The van der Waals surface area contributed by atoms with Crippen LogP contribution in [0.15, 0.2) is 0 Å². The maximum atomic E-state index is 12.2. The largest absolute Gasteiger partial charge is 0.480 e. The normalized spacial score (nSPS) is 12.5. The second-order valence-electron chi connectivity index (χ2n) is 5.85. The number of hydrogen-bond acceptors (Lipinski definition) is 7. The average Bonchev–Trinajstić information content (AvgIpc) is 2.61. The van der Waals surface area contributed by atoms with Gasteiger partial charge in [-0.2, -0.15) is 0 Å². The van der Waals surface area contributed by atoms with Crippen LogP contribution in [0, 0.1) is 0 Å². The Balaban J connectivity index is 4.64. The van der Waals surface area contributed by atoms with Crippen molar-refractivity contribution in [3.05, 3.63) is 0 Å². The Bertz CT molecular complexity index is 541. The number of unbranched alkanes of at least 4 members (excludes halogenated alkanes) is 1. The molecular weight excluding hydrogens is 360 g/mol. The summed E-state index contributed by atoms with van der Waals surface area (Å²) in [4.78, 5) is 56.9. The van der Waals surface area contributed by atoms with E-state index in [1.807, 2.05) is 0 Å². The Hall–Kier alpha value is -2.73. The molecule has 12 heteroatoms. The topological polar surface area (TPSA) is 220 Å². The number of primary amides is 1. The van der Waals surface area contributed by atoms with Crippen LogP contribution in [-0.4, -0.2) is 66.4 Å². The minimum Gasteiger partial charge on any atom is -0.480 e. The molecule has 0 spiro atoms. The van der Waals surface area contributed by atoms with Gasteiger partial charge in [-0.1, -0.05) is 0 Å². The Kier molecular flexibility index (Phi) is 12.1. The van der Waals surface area contributed by atoms with Gasteiger partial charge in [0.05, 0.1) is 12.6 Å². The second kappa shape index (κ2) is 13.5. The van der Waals surface area contributed by atoms with Gasteiger partial charge < -0.3 is 38.3 Å². The van der Waals surface area contributed by atoms with Crippen molar-refractivity contribution in [1.82, 2.24) is 16.0 Å². The molecule has 2 atom stereocenters. The van der Waals surface area contributed by atoms with Gasteiger partial charge in [0, 0.05) is 6.42 Å². The predicted octanol–water partition coefficient (Wildman–Crippen LogP) is -3.49. The minimum absolute atomic E-state index is 0.0376. The third kappa shape index (κ3) is 12.3. The van der Waals surface area contributed by atoms with Crippen molar-refractivity contribution in [3.63, 3.8) is 0 Å². The van der Waals surface area contributed by atoms with E-state index in [1.165, 1.54) is 0 Å². The smallest absolute Gasteiger partial charge is 0.322 e. The first-order chi connectivity index (χ1) is 12.7. The van der Waals surface area contributed by atoms with E-state index in [1.54, 1.807) is 0 Å². The molecule has 0 aliphatic rings. The van der Waals surface area contributed by atoms with Gasteiger partial charge in [0.1, 0.15) is 12.6 Å². The Labute approximate surface area is 156 Å². The Morgan fingerprint density at radius 1 is 0.926 bits per heavy atom. The molecule has 10 N–H and O–H groups in total. The van der Waals surface area contributed by atoms with Crippen LogP contribution in [0.4, 0.5) is 0 Å². The summed E-state index contributed by atoms with van der Waals surface area (Å²) in [5.74, 6) is -3.74. The lowest BCUT2D eigenvalue weighted by atomic mass is 10.1. The van der Waals surface area contributed by atoms with Gasteiger partial charge in [0.25, 0.3) is 0 Å². The van der Waals surface area contributed by atoms with E-state index in [9.17, 15) is 24.0 Å². The van der Waals surface area contributed by atoms with E-state index in [2.05, 4.69) is 16.0 Å². The van der Waals surface area contributed by atoms with Gasteiger partial charge in [-0.15, -0.1) is 0 Å². The number of hydrogen-bond donors (Lipinski definition) is 7. The average molecular weight is 388 g/mol. The number of amides is 4. The van der Waals surface area contributed by atoms with E-state index in [0.29, 0.717) is 19.4 Å². The fourth-order valence-corrected chi connectivity index (χ4v) is 2.00. The quantitative estimate of drug-likeness (QED) is 0.148. The molecule has 0 aromatic carbocycles. The van der Waals surface area contributed by atoms with Crippen molar-refractivity contribution in [1.29, 1.82) is 0 Å². The maximum Gasteiger partial charge on any atom is 0.322 e. The van der Waals surface area contributed by atoms with E-state index in [-0.39, 0.29) is 19.3 Å². The van der Waals surface area contributed by atoms with Crippen LogP contribution in [0.3, 0.4) is 0 Å². The number of carboxylic acid groups (broad SMARTS) is 1. The highest BCUT2D eigenvalue weighted by Crippen LogP contribution is 2.03. The summed E-state index contributed by atoms with van der Waals surface area (Å²) in [5.41, 5.74) is 16.1. The predicted molar refractivity (Wildman–Crippen MR) is 94.9 cm³/mol. The van der Waals surface area contributed by atoms with E-state index < -0.39 is 54.8 Å². The van der Waals surface area contributed by atoms with Crippen LogP contribution >= 0.6 is 0 Å². The van der Waals surface area contributed by atoms with Gasteiger partial charge in [0.2, 0.25) is 23.6 Å². The van der Waals surface area contributed by atoms with E-state index in [0.717, 1.165) is 0 Å². The van der Waals surface area contributed by atoms with Crippen molar-refractivity contribution in [2.75, 3.05) is 19.6 Å². The zero-order chi connectivity index (χ0) is 20.8. The van der Waals surface area contributed by atoms with Crippen LogP contribution in [0.2, 0.25) is 0 Å². The number of carboxylic acids is 1. The van der Waals surface area contributed by atoms with Gasteiger partial charge in [-0.25, -0.2) is 0 Å². The molecule has 0 aliphatic heterocycles. The second-order valence-corrected chi connectivity index (χ2v) is 5.85. The first kappa shape index (κ1) is 24.3. The summed E-state index contributed by atoms with van der Waals surface area (Å²) in [7, 11) is 0. The first-order valence-electron chi connectivity index (χ1n) is 8.47. The first-order valence-corrected chi connectivity index (χ1v) is 8.47. The SMILES string of the molecule is NCCCCC(NC(=O)C(N)CCC(N)=O)C(=O)NCC(=O)NCC(=O)O. The standard InChI is InChI=1S/C15H28N6O6/c16-6-2-1-3-10(21-14(26)9(17)4-5-11(18)22)15(27)20-7-12(23)19-8-13(24)25/h9-10H,1-8,16-17H2,(H2,18,22)(H,19,23)(H,20,27)(H,21,26)(H,24,25). The molecule has 27 heavy (non-hydrogen) atoms. The highest BCUT2D eigenvalue weighted by atomic mass is 16.4. The van der Waals surface area contributed by atoms with Crippen LogP contribution in [0.1, 0.15) is 32.1 Å². The number of rotatable bonds is 14. The zero-order valence-electron chi connectivity index (χ0n) is 15.0. The number of carbonyl (C=O) groups excluding carboxylic acids is 4. The van der Waals surface area contributed by atoms with Crippen molar-refractivity contribution in [3.8, 4) is 0 Å². The molecule has 154 valence electrons. The number of carbonyl (C=O) groups is 5. The molecular formula is C15H28N6O6. The molecule has 0 aromatic rings. The molecule has 0 fully saturated rings. The van der Waals surface area contributed by atoms with E-state index >= 15 is 0 Å². The van der Waals surface area contributed by atoms with E-state index in [4.69, 9.17) is 22.3 Å². The lowest BCUT2D eigenvalue weighted by molar-refractivity contribution is -0.138. The molecule has 4 amide bonds. The lowest BCUT2D eigenvalue weighted by Crippen LogP contribution is -2.53. The third-order valence-corrected chi connectivity index (χ3v) is 3.48. The number of nitrogens with one attached hydrogen (secondary N) is 3. The Morgan fingerprint density at radius 2 is 1.59 bits per heavy atom. The van der Waals surface area contributed by atoms with Gasteiger partial charge in [-0.3, -0.25) is 24.0 Å². The minimum atomic E-state index is -1.22. The molecule has 2 unspecified atom stereocenters. The van der Waals surface area contributed by atoms with Crippen molar-refractivity contribution < 1.29 is 29.1 Å². The summed E-state index contributed by atoms with van der Waals surface area (Å²) in [6.45, 7) is -0.596. The van der Waals surface area contributed by atoms with Gasteiger partial charge in [-0.05, 0) is 32.2 Å². The molecule has 0 rings (SSSR count). The molecule has 0 bridgehead atoms. The molecule has 0 saturated heterocycles. The van der Waals surface area contributed by atoms with Crippen LogP contribution in [-0.2, 0) is 24.0 Å². The van der Waals surface area contributed by atoms with Gasteiger partial charge >= 0.3 is 5.97 Å². The van der Waals surface area contributed by atoms with Crippen LogP contribution in [0.25, 0.3) is 0 Å². The summed E-state index contributed by atoms with van der Waals surface area (Å²) in [6, 6.07) is -1.96. The molecule has 0 aliphatic carbocycles. The van der Waals surface area contributed by atoms with Gasteiger partial charge in [0.15, 0.2) is 0 Å². The highest BCUT2D eigenvalue weighted by molar-refractivity contribution is 5.92. The zero-order valence-corrected chi connectivity index (χ0v) is 15.0. The summed E-state index contributed by atoms with van der Waals surface area (Å²) in [6.07, 6.45) is 1.43.